The number of halogens is 2. The van der Waals surface area contributed by atoms with E-state index in [0.29, 0.717) is 6.54 Å². The van der Waals surface area contributed by atoms with Crippen LogP contribution in [0.4, 0.5) is 4.39 Å². The van der Waals surface area contributed by atoms with Crippen LogP contribution in [0.3, 0.4) is 0 Å². The molecule has 0 bridgehead atoms. The monoisotopic (exact) mass is 273 g/mol. The summed E-state index contributed by atoms with van der Waals surface area (Å²) < 4.78 is 17.6. The zero-order valence-electron chi connectivity index (χ0n) is 9.83. The highest BCUT2D eigenvalue weighted by atomic mass is 35.5. The van der Waals surface area contributed by atoms with Crippen molar-refractivity contribution in [3.05, 3.63) is 34.6 Å². The molecule has 1 aromatic carbocycles. The highest BCUT2D eigenvalue weighted by molar-refractivity contribution is 6.33. The van der Waals surface area contributed by atoms with Gasteiger partial charge in [-0.05, 0) is 24.6 Å². The summed E-state index contributed by atoms with van der Waals surface area (Å²) in [6.07, 6.45) is 0.787. The minimum absolute atomic E-state index is 0.0790. The fourth-order valence-corrected chi connectivity index (χ4v) is 1.37. The Labute approximate surface area is 109 Å². The summed E-state index contributed by atoms with van der Waals surface area (Å²) in [5, 5.41) is 2.62. The van der Waals surface area contributed by atoms with Crippen molar-refractivity contribution in [1.29, 1.82) is 0 Å². The summed E-state index contributed by atoms with van der Waals surface area (Å²) >= 11 is 5.72. The Kier molecular flexibility index (Phi) is 5.58. The van der Waals surface area contributed by atoms with Crippen LogP contribution in [-0.4, -0.2) is 25.0 Å². The first-order valence-electron chi connectivity index (χ1n) is 5.43. The van der Waals surface area contributed by atoms with Gasteiger partial charge in [-0.15, -0.1) is 0 Å². The second-order valence-electron chi connectivity index (χ2n) is 3.55. The molecule has 0 spiro atoms. The van der Waals surface area contributed by atoms with E-state index in [4.69, 9.17) is 16.3 Å². The summed E-state index contributed by atoms with van der Waals surface area (Å²) in [6, 6.07) is 3.35. The molecule has 0 saturated carbocycles. The van der Waals surface area contributed by atoms with Crippen LogP contribution < -0.4 is 5.32 Å². The summed E-state index contributed by atoms with van der Waals surface area (Å²) in [7, 11) is 0. The van der Waals surface area contributed by atoms with Crippen LogP contribution in [0, 0.1) is 5.82 Å². The molecule has 0 fully saturated rings. The number of rotatable bonds is 5. The third-order valence-corrected chi connectivity index (χ3v) is 2.38. The van der Waals surface area contributed by atoms with Gasteiger partial charge in [-0.25, -0.2) is 9.18 Å². The molecule has 4 nitrogen and oxygen atoms in total. The fraction of sp³-hybridized carbons (Fsp3) is 0.333. The van der Waals surface area contributed by atoms with Gasteiger partial charge in [0.15, 0.2) is 6.61 Å². The van der Waals surface area contributed by atoms with E-state index in [1.165, 1.54) is 6.07 Å². The maximum Gasteiger partial charge on any atom is 0.340 e. The molecule has 0 aliphatic carbocycles. The number of hydrogen-bond acceptors (Lipinski definition) is 3. The molecule has 1 aromatic rings. The minimum Gasteiger partial charge on any atom is -0.452 e. The maximum atomic E-state index is 12.9. The van der Waals surface area contributed by atoms with Crippen LogP contribution in [0.5, 0.6) is 0 Å². The van der Waals surface area contributed by atoms with Gasteiger partial charge in [0.05, 0.1) is 10.6 Å². The molecule has 0 aliphatic rings. The molecule has 0 radical (unpaired) electrons. The summed E-state index contributed by atoms with van der Waals surface area (Å²) in [5.41, 5.74) is -0.0973. The molecule has 6 heteroatoms. The average Bonchev–Trinajstić information content (AvgIpc) is 2.36. The Morgan fingerprint density at radius 3 is 2.83 bits per heavy atom. The normalized spacial score (nSPS) is 9.94. The van der Waals surface area contributed by atoms with Gasteiger partial charge in [0.1, 0.15) is 5.82 Å². The number of amides is 1. The van der Waals surface area contributed by atoms with E-state index in [0.717, 1.165) is 18.6 Å². The predicted molar refractivity (Wildman–Crippen MR) is 65.0 cm³/mol. The van der Waals surface area contributed by atoms with Gasteiger partial charge < -0.3 is 10.1 Å². The van der Waals surface area contributed by atoms with Crippen molar-refractivity contribution >= 4 is 23.5 Å². The van der Waals surface area contributed by atoms with Gasteiger partial charge in [0.2, 0.25) is 0 Å². The van der Waals surface area contributed by atoms with Gasteiger partial charge in [0, 0.05) is 6.54 Å². The first kappa shape index (κ1) is 14.4. The topological polar surface area (TPSA) is 55.4 Å². The molecule has 1 rings (SSSR count). The lowest BCUT2D eigenvalue weighted by atomic mass is 10.2. The van der Waals surface area contributed by atoms with Crippen molar-refractivity contribution in [1.82, 2.24) is 5.32 Å². The summed E-state index contributed by atoms with van der Waals surface area (Å²) in [4.78, 5) is 22.7. The zero-order valence-corrected chi connectivity index (χ0v) is 10.6. The van der Waals surface area contributed by atoms with Crippen LogP contribution in [0.25, 0.3) is 0 Å². The highest BCUT2D eigenvalue weighted by Gasteiger charge is 2.14. The average molecular weight is 274 g/mol. The molecule has 0 saturated heterocycles. The van der Waals surface area contributed by atoms with Crippen molar-refractivity contribution in [2.24, 2.45) is 0 Å². The second-order valence-corrected chi connectivity index (χ2v) is 3.96. The lowest BCUT2D eigenvalue weighted by Gasteiger charge is -2.06. The Balaban J connectivity index is 2.55. The molecule has 0 aromatic heterocycles. The Morgan fingerprint density at radius 2 is 2.17 bits per heavy atom. The second kappa shape index (κ2) is 6.96. The van der Waals surface area contributed by atoms with E-state index in [1.54, 1.807) is 0 Å². The Morgan fingerprint density at radius 1 is 1.44 bits per heavy atom. The molecular weight excluding hydrogens is 261 g/mol. The molecule has 0 heterocycles. The molecule has 98 valence electrons. The van der Waals surface area contributed by atoms with Gasteiger partial charge in [-0.1, -0.05) is 18.5 Å². The van der Waals surface area contributed by atoms with E-state index in [1.807, 2.05) is 6.92 Å². The maximum absolute atomic E-state index is 12.9. The highest BCUT2D eigenvalue weighted by Crippen LogP contribution is 2.17. The first-order chi connectivity index (χ1) is 8.54. The van der Waals surface area contributed by atoms with Crippen LogP contribution in [0.2, 0.25) is 5.02 Å². The number of nitrogens with one attached hydrogen (secondary N) is 1. The molecular formula is C12H13ClFNO3. The van der Waals surface area contributed by atoms with Crippen molar-refractivity contribution in [3.63, 3.8) is 0 Å². The van der Waals surface area contributed by atoms with E-state index in [2.05, 4.69) is 5.32 Å². The van der Waals surface area contributed by atoms with Gasteiger partial charge >= 0.3 is 5.97 Å². The van der Waals surface area contributed by atoms with Crippen molar-refractivity contribution in [2.75, 3.05) is 13.2 Å². The number of esters is 1. The van der Waals surface area contributed by atoms with Crippen LogP contribution in [-0.2, 0) is 9.53 Å². The van der Waals surface area contributed by atoms with E-state index >= 15 is 0 Å². The van der Waals surface area contributed by atoms with Crippen molar-refractivity contribution < 1.29 is 18.7 Å². The summed E-state index contributed by atoms with van der Waals surface area (Å²) in [5.74, 6) is -1.83. The van der Waals surface area contributed by atoms with Crippen molar-refractivity contribution in [3.8, 4) is 0 Å². The van der Waals surface area contributed by atoms with Crippen molar-refractivity contribution in [2.45, 2.75) is 13.3 Å². The molecule has 1 N–H and O–H groups in total. The standard InChI is InChI=1S/C12H13ClFNO3/c1-2-5-15-11(16)7-18-12(17)9-6-8(14)3-4-10(9)13/h3-4,6H,2,5,7H2,1H3,(H,15,16). The first-order valence-corrected chi connectivity index (χ1v) is 5.81. The van der Waals surface area contributed by atoms with E-state index in [-0.39, 0.29) is 10.6 Å². The number of carbonyl (C=O) groups is 2. The number of hydrogen-bond donors (Lipinski definition) is 1. The van der Waals surface area contributed by atoms with Crippen LogP contribution in [0.15, 0.2) is 18.2 Å². The SMILES string of the molecule is CCCNC(=O)COC(=O)c1cc(F)ccc1Cl. The Bertz CT molecular complexity index is 451. The number of carbonyl (C=O) groups excluding carboxylic acids is 2. The quantitative estimate of drug-likeness (QED) is 0.837. The lowest BCUT2D eigenvalue weighted by Crippen LogP contribution is -2.29. The third kappa shape index (κ3) is 4.33. The lowest BCUT2D eigenvalue weighted by molar-refractivity contribution is -0.124. The predicted octanol–water partition coefficient (Wildman–Crippen LogP) is 2.16. The molecule has 0 atom stereocenters. The van der Waals surface area contributed by atoms with Gasteiger partial charge in [-0.3, -0.25) is 4.79 Å². The molecule has 0 aliphatic heterocycles. The third-order valence-electron chi connectivity index (χ3n) is 2.05. The van der Waals surface area contributed by atoms with E-state index < -0.39 is 24.3 Å². The summed E-state index contributed by atoms with van der Waals surface area (Å²) in [6.45, 7) is 2.00. The molecule has 1 amide bonds. The molecule has 18 heavy (non-hydrogen) atoms. The van der Waals surface area contributed by atoms with E-state index in [9.17, 15) is 14.0 Å². The largest absolute Gasteiger partial charge is 0.452 e. The number of ether oxygens (including phenoxy) is 1. The number of benzene rings is 1. The van der Waals surface area contributed by atoms with Gasteiger partial charge in [0.25, 0.3) is 5.91 Å². The zero-order chi connectivity index (χ0) is 13.5. The van der Waals surface area contributed by atoms with Crippen LogP contribution >= 0.6 is 11.6 Å². The fourth-order valence-electron chi connectivity index (χ4n) is 1.18. The van der Waals surface area contributed by atoms with Gasteiger partial charge in [-0.2, -0.15) is 0 Å². The minimum atomic E-state index is -0.828. The Hall–Kier alpha value is -1.62. The molecule has 0 unspecified atom stereocenters. The smallest absolute Gasteiger partial charge is 0.340 e. The van der Waals surface area contributed by atoms with Crippen LogP contribution in [0.1, 0.15) is 23.7 Å².